The lowest BCUT2D eigenvalue weighted by atomic mass is 10.1. The summed E-state index contributed by atoms with van der Waals surface area (Å²) in [7, 11) is 0. The van der Waals surface area contributed by atoms with E-state index < -0.39 is 5.97 Å². The van der Waals surface area contributed by atoms with Crippen LogP contribution in [0.25, 0.3) is 0 Å². The summed E-state index contributed by atoms with van der Waals surface area (Å²) in [6.45, 7) is 2.01. The van der Waals surface area contributed by atoms with Gasteiger partial charge in [0.05, 0.1) is 18.6 Å². The van der Waals surface area contributed by atoms with Crippen LogP contribution in [0.15, 0.2) is 78.9 Å². The first kappa shape index (κ1) is 20.8. The summed E-state index contributed by atoms with van der Waals surface area (Å²) in [6, 6.07) is 22.6. The van der Waals surface area contributed by atoms with Crippen molar-refractivity contribution in [1.82, 2.24) is 0 Å². The summed E-state index contributed by atoms with van der Waals surface area (Å²) in [6.07, 6.45) is 0.278. The lowest BCUT2D eigenvalue weighted by molar-refractivity contribution is -0.115. The molecule has 3 aromatic rings. The highest BCUT2D eigenvalue weighted by Gasteiger charge is 2.10. The molecule has 0 saturated heterocycles. The quantitative estimate of drug-likeness (QED) is 0.577. The summed E-state index contributed by atoms with van der Waals surface area (Å²) in [5.74, 6) is -0.892. The fraction of sp³-hybridized carbons (Fsp3) is 0.125. The summed E-state index contributed by atoms with van der Waals surface area (Å²) >= 11 is 0. The highest BCUT2D eigenvalue weighted by atomic mass is 16.5. The van der Waals surface area contributed by atoms with E-state index in [1.807, 2.05) is 30.3 Å². The van der Waals surface area contributed by atoms with Crippen molar-refractivity contribution >= 4 is 29.2 Å². The second kappa shape index (κ2) is 10.0. The van der Waals surface area contributed by atoms with Crippen LogP contribution < -0.4 is 10.6 Å². The normalized spacial score (nSPS) is 10.2. The van der Waals surface area contributed by atoms with Gasteiger partial charge in [0.2, 0.25) is 5.91 Å². The summed E-state index contributed by atoms with van der Waals surface area (Å²) in [5, 5.41) is 5.57. The molecule has 0 aliphatic carbocycles. The largest absolute Gasteiger partial charge is 0.462 e. The van der Waals surface area contributed by atoms with E-state index in [9.17, 15) is 14.4 Å². The van der Waals surface area contributed by atoms with Crippen molar-refractivity contribution in [3.8, 4) is 0 Å². The standard InChI is InChI=1S/C24H22N2O4/c1-2-30-24(29)19-9-6-10-21(16-19)26-23(28)18-11-13-20(14-12-18)25-22(27)15-17-7-4-3-5-8-17/h3-14,16H,2,15H2,1H3,(H,25,27)(H,26,28). The molecule has 0 heterocycles. The molecule has 6 heteroatoms. The number of esters is 1. The molecular formula is C24H22N2O4. The van der Waals surface area contributed by atoms with E-state index in [0.717, 1.165) is 5.56 Å². The molecule has 0 spiro atoms. The van der Waals surface area contributed by atoms with Crippen LogP contribution in [0.4, 0.5) is 11.4 Å². The van der Waals surface area contributed by atoms with Gasteiger partial charge < -0.3 is 15.4 Å². The van der Waals surface area contributed by atoms with Crippen LogP contribution in [-0.4, -0.2) is 24.4 Å². The molecule has 30 heavy (non-hydrogen) atoms. The minimum Gasteiger partial charge on any atom is -0.462 e. The lowest BCUT2D eigenvalue weighted by Gasteiger charge is -2.09. The molecule has 3 rings (SSSR count). The van der Waals surface area contributed by atoms with Crippen LogP contribution in [-0.2, 0) is 16.0 Å². The van der Waals surface area contributed by atoms with Gasteiger partial charge in [-0.2, -0.15) is 0 Å². The van der Waals surface area contributed by atoms with Gasteiger partial charge >= 0.3 is 5.97 Å². The number of ether oxygens (including phenoxy) is 1. The predicted molar refractivity (Wildman–Crippen MR) is 116 cm³/mol. The first-order valence-electron chi connectivity index (χ1n) is 9.57. The SMILES string of the molecule is CCOC(=O)c1cccc(NC(=O)c2ccc(NC(=O)Cc3ccccc3)cc2)c1. The first-order chi connectivity index (χ1) is 14.5. The van der Waals surface area contributed by atoms with Crippen LogP contribution in [0.5, 0.6) is 0 Å². The third-order valence-electron chi connectivity index (χ3n) is 4.27. The van der Waals surface area contributed by atoms with Crippen molar-refractivity contribution in [2.24, 2.45) is 0 Å². The van der Waals surface area contributed by atoms with E-state index in [2.05, 4.69) is 10.6 Å². The second-order valence-corrected chi connectivity index (χ2v) is 6.54. The molecular weight excluding hydrogens is 380 g/mol. The number of carbonyl (C=O) groups is 3. The Balaban J connectivity index is 1.59. The predicted octanol–water partition coefficient (Wildman–Crippen LogP) is 4.30. The smallest absolute Gasteiger partial charge is 0.338 e. The fourth-order valence-electron chi connectivity index (χ4n) is 2.83. The van der Waals surface area contributed by atoms with E-state index in [1.54, 1.807) is 55.5 Å². The van der Waals surface area contributed by atoms with Crippen molar-refractivity contribution in [3.63, 3.8) is 0 Å². The highest BCUT2D eigenvalue weighted by Crippen LogP contribution is 2.15. The number of amides is 2. The van der Waals surface area contributed by atoms with Crippen LogP contribution in [0.3, 0.4) is 0 Å². The van der Waals surface area contributed by atoms with Gasteiger partial charge in [-0.15, -0.1) is 0 Å². The molecule has 6 nitrogen and oxygen atoms in total. The minimum absolute atomic E-state index is 0.130. The Morgan fingerprint density at radius 3 is 2.20 bits per heavy atom. The molecule has 2 N–H and O–H groups in total. The molecule has 0 aliphatic heterocycles. The Labute approximate surface area is 174 Å². The average molecular weight is 402 g/mol. The van der Waals surface area contributed by atoms with Gasteiger partial charge in [-0.25, -0.2) is 4.79 Å². The van der Waals surface area contributed by atoms with Gasteiger partial charge in [0.15, 0.2) is 0 Å². The molecule has 0 radical (unpaired) electrons. The number of carbonyl (C=O) groups excluding carboxylic acids is 3. The fourth-order valence-corrected chi connectivity index (χ4v) is 2.83. The van der Waals surface area contributed by atoms with E-state index in [1.165, 1.54) is 0 Å². The van der Waals surface area contributed by atoms with Gasteiger partial charge in [0.25, 0.3) is 5.91 Å². The van der Waals surface area contributed by atoms with Crippen molar-refractivity contribution < 1.29 is 19.1 Å². The Morgan fingerprint density at radius 1 is 0.767 bits per heavy atom. The van der Waals surface area contributed by atoms with Crippen molar-refractivity contribution in [2.75, 3.05) is 17.2 Å². The zero-order chi connectivity index (χ0) is 21.3. The van der Waals surface area contributed by atoms with E-state index in [0.29, 0.717) is 22.5 Å². The number of anilines is 2. The van der Waals surface area contributed by atoms with Crippen LogP contribution in [0, 0.1) is 0 Å². The molecule has 0 fully saturated rings. The third-order valence-corrected chi connectivity index (χ3v) is 4.27. The molecule has 0 aliphatic rings. The van der Waals surface area contributed by atoms with Gasteiger partial charge in [0.1, 0.15) is 0 Å². The molecule has 3 aromatic carbocycles. The molecule has 2 amide bonds. The molecule has 0 atom stereocenters. The maximum atomic E-state index is 12.5. The molecule has 152 valence electrons. The van der Waals surface area contributed by atoms with Gasteiger partial charge in [-0.3, -0.25) is 9.59 Å². The van der Waals surface area contributed by atoms with Crippen molar-refractivity contribution in [1.29, 1.82) is 0 Å². The monoisotopic (exact) mass is 402 g/mol. The van der Waals surface area contributed by atoms with Crippen molar-refractivity contribution in [3.05, 3.63) is 95.6 Å². The Bertz CT molecular complexity index is 1030. The van der Waals surface area contributed by atoms with E-state index in [4.69, 9.17) is 4.74 Å². The topological polar surface area (TPSA) is 84.5 Å². The van der Waals surface area contributed by atoms with E-state index >= 15 is 0 Å². The zero-order valence-electron chi connectivity index (χ0n) is 16.6. The Hall–Kier alpha value is -3.93. The molecule has 0 saturated carbocycles. The van der Waals surface area contributed by atoms with Crippen LogP contribution in [0.1, 0.15) is 33.2 Å². The number of hydrogen-bond acceptors (Lipinski definition) is 4. The van der Waals surface area contributed by atoms with Gasteiger partial charge in [-0.05, 0) is 55.0 Å². The average Bonchev–Trinajstić information content (AvgIpc) is 2.75. The first-order valence-corrected chi connectivity index (χ1v) is 9.57. The Kier molecular flexibility index (Phi) is 6.95. The zero-order valence-corrected chi connectivity index (χ0v) is 16.6. The summed E-state index contributed by atoms with van der Waals surface area (Å²) in [4.78, 5) is 36.5. The van der Waals surface area contributed by atoms with E-state index in [-0.39, 0.29) is 24.8 Å². The van der Waals surface area contributed by atoms with Crippen LogP contribution in [0.2, 0.25) is 0 Å². The maximum absolute atomic E-state index is 12.5. The number of rotatable bonds is 7. The number of benzene rings is 3. The van der Waals surface area contributed by atoms with Crippen LogP contribution >= 0.6 is 0 Å². The van der Waals surface area contributed by atoms with Gasteiger partial charge in [0, 0.05) is 16.9 Å². The summed E-state index contributed by atoms with van der Waals surface area (Å²) < 4.78 is 4.97. The Morgan fingerprint density at radius 2 is 1.50 bits per heavy atom. The highest BCUT2D eigenvalue weighted by molar-refractivity contribution is 6.05. The maximum Gasteiger partial charge on any atom is 0.338 e. The number of hydrogen-bond donors (Lipinski definition) is 2. The van der Waals surface area contributed by atoms with Gasteiger partial charge in [-0.1, -0.05) is 36.4 Å². The third kappa shape index (κ3) is 5.78. The lowest BCUT2D eigenvalue weighted by Crippen LogP contribution is -2.15. The van der Waals surface area contributed by atoms with Crippen molar-refractivity contribution in [2.45, 2.75) is 13.3 Å². The number of nitrogens with one attached hydrogen (secondary N) is 2. The molecule has 0 bridgehead atoms. The minimum atomic E-state index is -0.441. The molecule has 0 unspecified atom stereocenters. The second-order valence-electron chi connectivity index (χ2n) is 6.54. The summed E-state index contributed by atoms with van der Waals surface area (Å²) in [5.41, 5.74) is 2.82. The molecule has 0 aromatic heterocycles.